The van der Waals surface area contributed by atoms with E-state index in [4.69, 9.17) is 5.11 Å². The van der Waals surface area contributed by atoms with Gasteiger partial charge < -0.3 is 5.11 Å². The largest absolute Gasteiger partial charge is 0.476 e. The fraction of sp³-hybridized carbons (Fsp3) is 0.308. The first-order valence-electron chi connectivity index (χ1n) is 5.93. The van der Waals surface area contributed by atoms with E-state index < -0.39 is 5.97 Å². The van der Waals surface area contributed by atoms with E-state index in [0.717, 1.165) is 19.3 Å². The van der Waals surface area contributed by atoms with Crippen molar-refractivity contribution < 1.29 is 9.90 Å². The summed E-state index contributed by atoms with van der Waals surface area (Å²) in [5, 5.41) is 16.0. The third-order valence-corrected chi connectivity index (χ3v) is 2.70. The predicted molar refractivity (Wildman–Crippen MR) is 66.4 cm³/mol. The molecule has 0 spiro atoms. The minimum Gasteiger partial charge on any atom is -0.476 e. The number of hydrogen-bond donors (Lipinski definition) is 1. The van der Waals surface area contributed by atoms with E-state index >= 15 is 0 Å². The maximum Gasteiger partial charge on any atom is 0.358 e. The molecule has 0 radical (unpaired) electrons. The van der Waals surface area contributed by atoms with Crippen molar-refractivity contribution in [3.05, 3.63) is 47.8 Å². The van der Waals surface area contributed by atoms with Gasteiger partial charge in [-0.1, -0.05) is 35.5 Å². The van der Waals surface area contributed by atoms with Crippen molar-refractivity contribution >= 4 is 5.97 Å². The molecule has 1 heterocycles. The molecule has 0 unspecified atom stereocenters. The van der Waals surface area contributed by atoms with E-state index in [-0.39, 0.29) is 5.69 Å². The summed E-state index contributed by atoms with van der Waals surface area (Å²) in [4.78, 5) is 10.6. The minimum atomic E-state index is -1.04. The fourth-order valence-corrected chi connectivity index (χ4v) is 1.75. The number of carboxylic acids is 1. The number of unbranched alkanes of at least 4 members (excludes halogenated alkanes) is 1. The highest BCUT2D eigenvalue weighted by Crippen LogP contribution is 2.05. The summed E-state index contributed by atoms with van der Waals surface area (Å²) in [5.74, 6) is -1.04. The van der Waals surface area contributed by atoms with Crippen LogP contribution in [0.2, 0.25) is 0 Å². The highest BCUT2D eigenvalue weighted by molar-refractivity contribution is 5.84. The first kappa shape index (κ1) is 12.3. The molecule has 0 fully saturated rings. The summed E-state index contributed by atoms with van der Waals surface area (Å²) in [6.07, 6.45) is 4.50. The van der Waals surface area contributed by atoms with Crippen molar-refractivity contribution in [2.24, 2.45) is 0 Å². The monoisotopic (exact) mass is 245 g/mol. The molecular formula is C13H15N3O2. The van der Waals surface area contributed by atoms with Crippen LogP contribution >= 0.6 is 0 Å². The van der Waals surface area contributed by atoms with Crippen LogP contribution in [0.5, 0.6) is 0 Å². The average molecular weight is 245 g/mol. The molecule has 94 valence electrons. The van der Waals surface area contributed by atoms with Gasteiger partial charge in [-0.15, -0.1) is 5.10 Å². The van der Waals surface area contributed by atoms with Gasteiger partial charge in [0.25, 0.3) is 0 Å². The van der Waals surface area contributed by atoms with Gasteiger partial charge >= 0.3 is 5.97 Å². The Hall–Kier alpha value is -2.17. The van der Waals surface area contributed by atoms with E-state index in [1.807, 2.05) is 18.2 Å². The van der Waals surface area contributed by atoms with Gasteiger partial charge in [-0.3, -0.25) is 4.68 Å². The molecule has 0 aliphatic heterocycles. The third kappa shape index (κ3) is 3.41. The molecule has 0 aliphatic carbocycles. The van der Waals surface area contributed by atoms with Crippen LogP contribution in [0.25, 0.3) is 0 Å². The number of hydrogen-bond acceptors (Lipinski definition) is 3. The number of nitrogens with zero attached hydrogens (tertiary/aromatic N) is 3. The van der Waals surface area contributed by atoms with Crippen molar-refractivity contribution in [2.45, 2.75) is 25.8 Å². The van der Waals surface area contributed by atoms with E-state index in [2.05, 4.69) is 22.4 Å². The van der Waals surface area contributed by atoms with Crippen LogP contribution in [0.3, 0.4) is 0 Å². The number of aryl methyl sites for hydroxylation is 2. The maximum absolute atomic E-state index is 10.6. The first-order chi connectivity index (χ1) is 8.75. The molecule has 2 rings (SSSR count). The predicted octanol–water partition coefficient (Wildman–Crippen LogP) is 2.00. The van der Waals surface area contributed by atoms with E-state index in [9.17, 15) is 4.79 Å². The quantitative estimate of drug-likeness (QED) is 0.790. The van der Waals surface area contributed by atoms with Crippen molar-refractivity contribution in [1.29, 1.82) is 0 Å². The van der Waals surface area contributed by atoms with Gasteiger partial charge in [0.1, 0.15) is 0 Å². The molecule has 18 heavy (non-hydrogen) atoms. The average Bonchev–Trinajstić information content (AvgIpc) is 2.85. The molecule has 5 nitrogen and oxygen atoms in total. The second-order valence-electron chi connectivity index (χ2n) is 4.11. The molecule has 1 aromatic carbocycles. The fourth-order valence-electron chi connectivity index (χ4n) is 1.75. The zero-order chi connectivity index (χ0) is 12.8. The van der Waals surface area contributed by atoms with Crippen LogP contribution in [0.1, 0.15) is 28.9 Å². The second-order valence-corrected chi connectivity index (χ2v) is 4.11. The lowest BCUT2D eigenvalue weighted by Crippen LogP contribution is -1.99. The maximum atomic E-state index is 10.6. The molecule has 0 aliphatic rings. The lowest BCUT2D eigenvalue weighted by molar-refractivity contribution is 0.0690. The normalized spacial score (nSPS) is 10.4. The number of carboxylic acid groups (broad SMARTS) is 1. The Morgan fingerprint density at radius 3 is 2.67 bits per heavy atom. The van der Waals surface area contributed by atoms with E-state index in [1.165, 1.54) is 11.8 Å². The Morgan fingerprint density at radius 1 is 1.22 bits per heavy atom. The van der Waals surface area contributed by atoms with Gasteiger partial charge in [0, 0.05) is 6.54 Å². The van der Waals surface area contributed by atoms with Crippen molar-refractivity contribution in [2.75, 3.05) is 0 Å². The minimum absolute atomic E-state index is 0.00180. The Morgan fingerprint density at radius 2 is 2.00 bits per heavy atom. The molecule has 0 saturated carbocycles. The highest BCUT2D eigenvalue weighted by atomic mass is 16.4. The Kier molecular flexibility index (Phi) is 4.06. The lowest BCUT2D eigenvalue weighted by atomic mass is 10.1. The summed E-state index contributed by atoms with van der Waals surface area (Å²) in [6, 6.07) is 10.3. The highest BCUT2D eigenvalue weighted by Gasteiger charge is 2.07. The third-order valence-electron chi connectivity index (χ3n) is 2.70. The first-order valence-corrected chi connectivity index (χ1v) is 5.93. The topological polar surface area (TPSA) is 68.0 Å². The molecule has 1 aromatic heterocycles. The molecule has 1 N–H and O–H groups in total. The smallest absolute Gasteiger partial charge is 0.358 e. The Bertz CT molecular complexity index is 508. The van der Waals surface area contributed by atoms with Crippen LogP contribution < -0.4 is 0 Å². The van der Waals surface area contributed by atoms with Crippen molar-refractivity contribution in [1.82, 2.24) is 15.0 Å². The molecule has 0 saturated heterocycles. The molecule has 0 amide bonds. The van der Waals surface area contributed by atoms with Crippen LogP contribution in [-0.4, -0.2) is 26.1 Å². The summed E-state index contributed by atoms with van der Waals surface area (Å²) in [7, 11) is 0. The zero-order valence-corrected chi connectivity index (χ0v) is 9.99. The van der Waals surface area contributed by atoms with Gasteiger partial charge in [-0.2, -0.15) is 0 Å². The number of rotatable bonds is 6. The van der Waals surface area contributed by atoms with Crippen LogP contribution in [-0.2, 0) is 13.0 Å². The second kappa shape index (κ2) is 5.95. The standard InChI is InChI=1S/C13H15N3O2/c17-13(18)12-10-16(15-14-12)9-5-4-8-11-6-2-1-3-7-11/h1-3,6-7,10H,4-5,8-9H2,(H,17,18). The SMILES string of the molecule is O=C(O)c1cn(CCCCc2ccccc2)nn1. The molecule has 0 atom stereocenters. The number of benzene rings is 1. The number of aromatic nitrogens is 3. The zero-order valence-electron chi connectivity index (χ0n) is 9.99. The molecule has 2 aromatic rings. The van der Waals surface area contributed by atoms with E-state index in [1.54, 1.807) is 4.68 Å². The van der Waals surface area contributed by atoms with Crippen molar-refractivity contribution in [3.63, 3.8) is 0 Å². The molecule has 5 heteroatoms. The number of aromatic carboxylic acids is 1. The Balaban J connectivity index is 1.73. The molecular weight excluding hydrogens is 230 g/mol. The van der Waals surface area contributed by atoms with Gasteiger partial charge in [0.05, 0.1) is 6.20 Å². The van der Waals surface area contributed by atoms with Gasteiger partial charge in [-0.05, 0) is 24.8 Å². The van der Waals surface area contributed by atoms with E-state index in [0.29, 0.717) is 6.54 Å². The summed E-state index contributed by atoms with van der Waals surface area (Å²) in [5.41, 5.74) is 1.32. The van der Waals surface area contributed by atoms with Crippen LogP contribution in [0.4, 0.5) is 0 Å². The Labute approximate surface area is 105 Å². The lowest BCUT2D eigenvalue weighted by Gasteiger charge is -2.01. The van der Waals surface area contributed by atoms with Gasteiger partial charge in [0.2, 0.25) is 0 Å². The van der Waals surface area contributed by atoms with Crippen LogP contribution in [0.15, 0.2) is 36.5 Å². The van der Waals surface area contributed by atoms with Crippen molar-refractivity contribution in [3.8, 4) is 0 Å². The van der Waals surface area contributed by atoms with Gasteiger partial charge in [0.15, 0.2) is 5.69 Å². The van der Waals surface area contributed by atoms with Gasteiger partial charge in [-0.25, -0.2) is 4.79 Å². The van der Waals surface area contributed by atoms with Crippen LogP contribution in [0, 0.1) is 0 Å². The summed E-state index contributed by atoms with van der Waals surface area (Å²) >= 11 is 0. The molecule has 0 bridgehead atoms. The number of carbonyl (C=O) groups is 1. The summed E-state index contributed by atoms with van der Waals surface area (Å²) < 4.78 is 1.58. The summed E-state index contributed by atoms with van der Waals surface area (Å²) in [6.45, 7) is 0.702.